The van der Waals surface area contributed by atoms with Crippen LogP contribution in [-0.2, 0) is 6.42 Å². The fraction of sp³-hybridized carbons (Fsp3) is 0.333. The number of thiophene rings is 1. The van der Waals surface area contributed by atoms with Gasteiger partial charge >= 0.3 is 0 Å². The van der Waals surface area contributed by atoms with Crippen LogP contribution in [0.15, 0.2) is 32.5 Å². The van der Waals surface area contributed by atoms with Crippen molar-refractivity contribution in [1.82, 2.24) is 0 Å². The van der Waals surface area contributed by atoms with E-state index in [4.69, 9.17) is 0 Å². The zero-order chi connectivity index (χ0) is 13.4. The minimum atomic E-state index is 0.451. The second-order valence-corrected chi connectivity index (χ2v) is 8.35. The van der Waals surface area contributed by atoms with Crippen molar-refractivity contribution in [1.29, 1.82) is 0 Å². The van der Waals surface area contributed by atoms with E-state index in [-0.39, 0.29) is 0 Å². The summed E-state index contributed by atoms with van der Waals surface area (Å²) in [6.45, 7) is 2.13. The highest BCUT2D eigenvalue weighted by Crippen LogP contribution is 2.39. The molecule has 0 fully saturated rings. The van der Waals surface area contributed by atoms with E-state index in [1.54, 1.807) is 0 Å². The van der Waals surface area contributed by atoms with Gasteiger partial charge in [-0.2, -0.15) is 0 Å². The molecule has 1 aliphatic rings. The Hall–Kier alpha value is -0.320. The van der Waals surface area contributed by atoms with Crippen LogP contribution < -0.4 is 5.32 Å². The van der Waals surface area contributed by atoms with Gasteiger partial charge in [-0.3, -0.25) is 0 Å². The molecule has 19 heavy (non-hydrogen) atoms. The number of rotatable bonds is 2. The topological polar surface area (TPSA) is 12.0 Å². The lowest BCUT2D eigenvalue weighted by molar-refractivity contribution is 0.609. The van der Waals surface area contributed by atoms with Gasteiger partial charge in [0.05, 0.1) is 9.83 Å². The highest BCUT2D eigenvalue weighted by Gasteiger charge is 2.22. The molecular weight excluding hydrogens is 386 g/mol. The number of hydrogen-bond acceptors (Lipinski definition) is 2. The molecule has 1 aromatic carbocycles. The molecule has 0 bridgehead atoms. The van der Waals surface area contributed by atoms with Gasteiger partial charge in [0.25, 0.3) is 0 Å². The van der Waals surface area contributed by atoms with E-state index in [0.29, 0.717) is 6.04 Å². The third-order valence-electron chi connectivity index (χ3n) is 3.58. The van der Waals surface area contributed by atoms with E-state index in [1.165, 1.54) is 49.2 Å². The Morgan fingerprint density at radius 2 is 2.11 bits per heavy atom. The van der Waals surface area contributed by atoms with Crippen LogP contribution in [0.1, 0.15) is 34.9 Å². The molecule has 3 rings (SSSR count). The van der Waals surface area contributed by atoms with Gasteiger partial charge in [0, 0.05) is 15.0 Å². The van der Waals surface area contributed by atoms with Gasteiger partial charge in [-0.1, -0.05) is 15.9 Å². The van der Waals surface area contributed by atoms with Gasteiger partial charge in [-0.15, -0.1) is 11.3 Å². The molecule has 0 aliphatic heterocycles. The lowest BCUT2D eigenvalue weighted by atomic mass is 9.94. The summed E-state index contributed by atoms with van der Waals surface area (Å²) in [6.07, 6.45) is 3.71. The molecule has 1 unspecified atom stereocenters. The van der Waals surface area contributed by atoms with Crippen molar-refractivity contribution < 1.29 is 0 Å². The zero-order valence-corrected chi connectivity index (χ0v) is 14.7. The van der Waals surface area contributed by atoms with Crippen molar-refractivity contribution in [3.8, 4) is 0 Å². The van der Waals surface area contributed by atoms with E-state index >= 15 is 0 Å². The highest BCUT2D eigenvalue weighted by atomic mass is 79.9. The maximum Gasteiger partial charge on any atom is 0.0705 e. The predicted octanol–water partition coefficient (Wildman–Crippen LogP) is 6.07. The van der Waals surface area contributed by atoms with E-state index in [9.17, 15) is 0 Å². The summed E-state index contributed by atoms with van der Waals surface area (Å²) in [5, 5.41) is 3.68. The number of fused-ring (bicyclic) bond motifs is 1. The second-order valence-electron chi connectivity index (χ2n) is 4.98. The molecule has 0 amide bonds. The number of anilines is 1. The Bertz CT molecular complexity index is 606. The van der Waals surface area contributed by atoms with Gasteiger partial charge in [0.15, 0.2) is 0 Å². The van der Waals surface area contributed by atoms with Gasteiger partial charge in [0.2, 0.25) is 0 Å². The molecular formula is C15H15Br2NS. The summed E-state index contributed by atoms with van der Waals surface area (Å²) >= 11 is 9.04. The maximum atomic E-state index is 3.68. The zero-order valence-electron chi connectivity index (χ0n) is 10.7. The lowest BCUT2D eigenvalue weighted by Crippen LogP contribution is -2.15. The van der Waals surface area contributed by atoms with Gasteiger partial charge in [-0.25, -0.2) is 0 Å². The Balaban J connectivity index is 1.86. The molecule has 0 saturated carbocycles. The van der Waals surface area contributed by atoms with E-state index in [1.807, 2.05) is 11.3 Å². The number of halogens is 2. The minimum Gasteiger partial charge on any atom is -0.378 e. The Morgan fingerprint density at radius 1 is 1.26 bits per heavy atom. The van der Waals surface area contributed by atoms with Crippen molar-refractivity contribution >= 4 is 48.9 Å². The van der Waals surface area contributed by atoms with Crippen LogP contribution in [0, 0.1) is 6.92 Å². The monoisotopic (exact) mass is 399 g/mol. The SMILES string of the molecule is Cc1cc(NC2CCCc3sc(Br)cc32)ccc1Br. The van der Waals surface area contributed by atoms with Crippen molar-refractivity contribution in [3.05, 3.63) is 48.5 Å². The first-order valence-electron chi connectivity index (χ1n) is 6.44. The van der Waals surface area contributed by atoms with Gasteiger partial charge in [-0.05, 0) is 77.5 Å². The van der Waals surface area contributed by atoms with Crippen LogP contribution in [-0.4, -0.2) is 0 Å². The van der Waals surface area contributed by atoms with Crippen LogP contribution in [0.25, 0.3) is 0 Å². The lowest BCUT2D eigenvalue weighted by Gasteiger charge is -2.25. The third-order valence-corrected chi connectivity index (χ3v) is 6.19. The van der Waals surface area contributed by atoms with Crippen molar-refractivity contribution in [3.63, 3.8) is 0 Å². The summed E-state index contributed by atoms with van der Waals surface area (Å²) in [5.41, 5.74) is 3.96. The number of aryl methyl sites for hydroxylation is 2. The Morgan fingerprint density at radius 3 is 2.89 bits per heavy atom. The summed E-state index contributed by atoms with van der Waals surface area (Å²) in [6, 6.07) is 9.20. The molecule has 1 aliphatic carbocycles. The van der Waals surface area contributed by atoms with Crippen LogP contribution in [0.3, 0.4) is 0 Å². The number of nitrogens with one attached hydrogen (secondary N) is 1. The average Bonchev–Trinajstić information content (AvgIpc) is 2.75. The molecule has 1 atom stereocenters. The highest BCUT2D eigenvalue weighted by molar-refractivity contribution is 9.11. The fourth-order valence-corrected chi connectivity index (χ4v) is 4.67. The van der Waals surface area contributed by atoms with Gasteiger partial charge < -0.3 is 5.32 Å². The van der Waals surface area contributed by atoms with Crippen LogP contribution >= 0.6 is 43.2 Å². The summed E-state index contributed by atoms with van der Waals surface area (Å²) in [7, 11) is 0. The third kappa shape index (κ3) is 2.91. The average molecular weight is 401 g/mol. The normalized spacial score (nSPS) is 18.2. The molecule has 0 radical (unpaired) electrons. The van der Waals surface area contributed by atoms with Crippen molar-refractivity contribution in [2.24, 2.45) is 0 Å². The standard InChI is InChI=1S/C15H15Br2NS/c1-9-7-10(5-6-12(9)16)18-13-3-2-4-14-11(13)8-15(17)19-14/h5-8,13,18H,2-4H2,1H3. The Kier molecular flexibility index (Phi) is 4.01. The van der Waals surface area contributed by atoms with E-state index in [0.717, 1.165) is 0 Å². The molecule has 4 heteroatoms. The summed E-state index contributed by atoms with van der Waals surface area (Å²) in [4.78, 5) is 1.53. The molecule has 1 aromatic heterocycles. The Labute approximate surface area is 134 Å². The molecule has 0 saturated heterocycles. The maximum absolute atomic E-state index is 3.68. The van der Waals surface area contributed by atoms with Gasteiger partial charge in [0.1, 0.15) is 0 Å². The predicted molar refractivity (Wildman–Crippen MR) is 90.2 cm³/mol. The first-order chi connectivity index (χ1) is 9.13. The molecule has 1 nitrogen and oxygen atoms in total. The number of benzene rings is 1. The minimum absolute atomic E-state index is 0.451. The van der Waals surface area contributed by atoms with E-state index < -0.39 is 0 Å². The first kappa shape index (κ1) is 13.7. The van der Waals surface area contributed by atoms with Crippen molar-refractivity contribution in [2.45, 2.75) is 32.2 Å². The molecule has 1 N–H and O–H groups in total. The number of hydrogen-bond donors (Lipinski definition) is 1. The molecule has 1 heterocycles. The first-order valence-corrected chi connectivity index (χ1v) is 8.84. The molecule has 2 aromatic rings. The quantitative estimate of drug-likeness (QED) is 0.644. The summed E-state index contributed by atoms with van der Waals surface area (Å²) < 4.78 is 2.42. The largest absolute Gasteiger partial charge is 0.378 e. The molecule has 100 valence electrons. The van der Waals surface area contributed by atoms with Crippen molar-refractivity contribution in [2.75, 3.05) is 5.32 Å². The van der Waals surface area contributed by atoms with Crippen LogP contribution in [0.4, 0.5) is 5.69 Å². The van der Waals surface area contributed by atoms with Crippen LogP contribution in [0.2, 0.25) is 0 Å². The second kappa shape index (κ2) is 5.58. The van der Waals surface area contributed by atoms with E-state index in [2.05, 4.69) is 68.4 Å². The fourth-order valence-electron chi connectivity index (χ4n) is 2.61. The molecule has 0 spiro atoms. The summed E-state index contributed by atoms with van der Waals surface area (Å²) in [5.74, 6) is 0. The van der Waals surface area contributed by atoms with Crippen LogP contribution in [0.5, 0.6) is 0 Å². The smallest absolute Gasteiger partial charge is 0.0705 e.